The summed E-state index contributed by atoms with van der Waals surface area (Å²) in [5.41, 5.74) is 7.80. The molecule has 0 saturated carbocycles. The molecule has 0 aliphatic rings. The van der Waals surface area contributed by atoms with E-state index >= 15 is 0 Å². The molecule has 0 radical (unpaired) electrons. The van der Waals surface area contributed by atoms with Crippen molar-refractivity contribution in [2.45, 2.75) is 47.0 Å². The molecule has 0 saturated heterocycles. The van der Waals surface area contributed by atoms with Gasteiger partial charge in [-0.1, -0.05) is 39.0 Å². The van der Waals surface area contributed by atoms with Crippen molar-refractivity contribution in [1.82, 2.24) is 4.98 Å². The van der Waals surface area contributed by atoms with Crippen LogP contribution in [0.2, 0.25) is 0 Å². The Morgan fingerprint density at radius 1 is 0.857 bits per heavy atom. The highest BCUT2D eigenvalue weighted by atomic mass is 14.7. The molecule has 3 aromatic rings. The second kappa shape index (κ2) is 4.56. The van der Waals surface area contributed by atoms with Crippen molar-refractivity contribution in [3.05, 3.63) is 52.6 Å². The minimum absolute atomic E-state index is 0.0905. The maximum atomic E-state index is 4.91. The van der Waals surface area contributed by atoms with Gasteiger partial charge in [0.1, 0.15) is 0 Å². The molecule has 0 amide bonds. The first-order valence-corrected chi connectivity index (χ1v) is 7.60. The number of pyridine rings is 1. The lowest BCUT2D eigenvalue weighted by Gasteiger charge is -2.25. The third-order valence-corrected chi connectivity index (χ3v) is 4.55. The lowest BCUT2D eigenvalue weighted by molar-refractivity contribution is 0.600. The van der Waals surface area contributed by atoms with Crippen molar-refractivity contribution < 1.29 is 0 Å². The first-order valence-electron chi connectivity index (χ1n) is 7.60. The van der Waals surface area contributed by atoms with E-state index in [1.807, 2.05) is 0 Å². The Hall–Kier alpha value is -1.89. The summed E-state index contributed by atoms with van der Waals surface area (Å²) in [5, 5.41) is 2.62. The van der Waals surface area contributed by atoms with Crippen LogP contribution in [0.1, 0.15) is 43.0 Å². The predicted octanol–water partition coefficient (Wildman–Crippen LogP) is 5.61. The van der Waals surface area contributed by atoms with Crippen molar-refractivity contribution in [2.24, 2.45) is 0 Å². The number of fused-ring (bicyclic) bond motifs is 2. The van der Waals surface area contributed by atoms with Gasteiger partial charge in [0, 0.05) is 10.8 Å². The monoisotopic (exact) mass is 277 g/mol. The van der Waals surface area contributed by atoms with Crippen LogP contribution >= 0.6 is 0 Å². The summed E-state index contributed by atoms with van der Waals surface area (Å²) >= 11 is 0. The molecule has 0 unspecified atom stereocenters. The molecule has 0 aliphatic carbocycles. The van der Waals surface area contributed by atoms with Crippen LogP contribution in [0.5, 0.6) is 0 Å². The molecule has 0 aliphatic heterocycles. The van der Waals surface area contributed by atoms with E-state index in [1.54, 1.807) is 0 Å². The number of nitrogens with zero attached hydrogens (tertiary/aromatic N) is 1. The SMILES string of the molecule is Cc1cc2nc3ccccc3c(C(C)(C)C)c2c(C)c1C. The van der Waals surface area contributed by atoms with Crippen LogP contribution < -0.4 is 0 Å². The molecule has 0 N–H and O–H groups in total. The van der Waals surface area contributed by atoms with E-state index in [0.29, 0.717) is 0 Å². The highest BCUT2D eigenvalue weighted by molar-refractivity contribution is 6.00. The van der Waals surface area contributed by atoms with Crippen molar-refractivity contribution in [3.63, 3.8) is 0 Å². The summed E-state index contributed by atoms with van der Waals surface area (Å²) in [6, 6.07) is 10.7. The van der Waals surface area contributed by atoms with Gasteiger partial charge in [-0.2, -0.15) is 0 Å². The van der Waals surface area contributed by atoms with E-state index in [9.17, 15) is 0 Å². The van der Waals surface area contributed by atoms with Crippen LogP contribution in [0, 0.1) is 20.8 Å². The number of benzene rings is 2. The molecule has 0 atom stereocenters. The number of hydrogen-bond donors (Lipinski definition) is 0. The van der Waals surface area contributed by atoms with Crippen LogP contribution in [0.4, 0.5) is 0 Å². The van der Waals surface area contributed by atoms with Gasteiger partial charge in [0.05, 0.1) is 11.0 Å². The zero-order valence-electron chi connectivity index (χ0n) is 13.8. The van der Waals surface area contributed by atoms with Gasteiger partial charge >= 0.3 is 0 Å². The van der Waals surface area contributed by atoms with Gasteiger partial charge < -0.3 is 0 Å². The fraction of sp³-hybridized carbons (Fsp3) is 0.350. The quantitative estimate of drug-likeness (QED) is 0.487. The van der Waals surface area contributed by atoms with Gasteiger partial charge in [0.15, 0.2) is 0 Å². The minimum atomic E-state index is 0.0905. The Balaban J connectivity index is 2.65. The maximum absolute atomic E-state index is 4.91. The van der Waals surface area contributed by atoms with Gasteiger partial charge in [-0.15, -0.1) is 0 Å². The number of rotatable bonds is 0. The molecule has 0 fully saturated rings. The summed E-state index contributed by atoms with van der Waals surface area (Å²) in [5.74, 6) is 0. The lowest BCUT2D eigenvalue weighted by Crippen LogP contribution is -2.14. The van der Waals surface area contributed by atoms with Crippen molar-refractivity contribution in [2.75, 3.05) is 0 Å². The van der Waals surface area contributed by atoms with E-state index in [0.717, 1.165) is 11.0 Å². The fourth-order valence-corrected chi connectivity index (χ4v) is 3.29. The Morgan fingerprint density at radius 2 is 1.52 bits per heavy atom. The summed E-state index contributed by atoms with van der Waals surface area (Å²) < 4.78 is 0. The number of hydrogen-bond acceptors (Lipinski definition) is 1. The number of aromatic nitrogens is 1. The highest BCUT2D eigenvalue weighted by Crippen LogP contribution is 2.38. The molecular formula is C20H23N. The summed E-state index contributed by atoms with van der Waals surface area (Å²) in [4.78, 5) is 4.91. The third kappa shape index (κ3) is 2.12. The predicted molar refractivity (Wildman–Crippen MR) is 92.2 cm³/mol. The number of aryl methyl sites for hydroxylation is 2. The molecule has 3 rings (SSSR count). The van der Waals surface area contributed by atoms with Crippen molar-refractivity contribution in [3.8, 4) is 0 Å². The lowest BCUT2D eigenvalue weighted by atomic mass is 9.80. The van der Waals surface area contributed by atoms with E-state index in [4.69, 9.17) is 4.98 Å². The smallest absolute Gasteiger partial charge is 0.0718 e. The molecule has 1 heteroatoms. The molecule has 21 heavy (non-hydrogen) atoms. The van der Waals surface area contributed by atoms with Crippen LogP contribution in [-0.2, 0) is 5.41 Å². The molecule has 0 spiro atoms. The summed E-state index contributed by atoms with van der Waals surface area (Å²) in [6.07, 6.45) is 0. The van der Waals surface area contributed by atoms with E-state index in [1.165, 1.54) is 33.0 Å². The molecule has 1 aromatic heterocycles. The Bertz CT molecular complexity index is 851. The zero-order chi connectivity index (χ0) is 15.4. The zero-order valence-corrected chi connectivity index (χ0v) is 13.8. The van der Waals surface area contributed by atoms with Gasteiger partial charge in [0.25, 0.3) is 0 Å². The van der Waals surface area contributed by atoms with Crippen LogP contribution in [0.15, 0.2) is 30.3 Å². The normalized spacial score (nSPS) is 12.3. The molecule has 108 valence electrons. The first-order chi connectivity index (χ1) is 9.80. The molecule has 2 aromatic carbocycles. The van der Waals surface area contributed by atoms with Crippen molar-refractivity contribution >= 4 is 21.8 Å². The number of para-hydroxylation sites is 1. The standard InChI is InChI=1S/C20H23N/c1-12-11-17-18(14(3)13(12)2)19(20(4,5)6)15-9-7-8-10-16(15)21-17/h7-11H,1-6H3. The second-order valence-electron chi connectivity index (χ2n) is 7.09. The van der Waals surface area contributed by atoms with E-state index in [-0.39, 0.29) is 5.41 Å². The summed E-state index contributed by atoms with van der Waals surface area (Å²) in [6.45, 7) is 13.5. The maximum Gasteiger partial charge on any atom is 0.0718 e. The third-order valence-electron chi connectivity index (χ3n) is 4.55. The highest BCUT2D eigenvalue weighted by Gasteiger charge is 2.23. The van der Waals surface area contributed by atoms with E-state index in [2.05, 4.69) is 71.9 Å². The Labute approximate surface area is 127 Å². The van der Waals surface area contributed by atoms with Gasteiger partial charge in [0.2, 0.25) is 0 Å². The average molecular weight is 277 g/mol. The fourth-order valence-electron chi connectivity index (χ4n) is 3.29. The van der Waals surface area contributed by atoms with Crippen LogP contribution in [0.25, 0.3) is 21.8 Å². The molecule has 0 bridgehead atoms. The van der Waals surface area contributed by atoms with Crippen LogP contribution in [-0.4, -0.2) is 4.98 Å². The average Bonchev–Trinajstić information content (AvgIpc) is 2.41. The van der Waals surface area contributed by atoms with E-state index < -0.39 is 0 Å². The Morgan fingerprint density at radius 3 is 2.19 bits per heavy atom. The molecule has 1 heterocycles. The van der Waals surface area contributed by atoms with Crippen molar-refractivity contribution in [1.29, 1.82) is 0 Å². The molecule has 1 nitrogen and oxygen atoms in total. The van der Waals surface area contributed by atoms with Gasteiger partial charge in [-0.3, -0.25) is 0 Å². The minimum Gasteiger partial charge on any atom is -0.248 e. The van der Waals surface area contributed by atoms with Gasteiger partial charge in [-0.25, -0.2) is 4.98 Å². The summed E-state index contributed by atoms with van der Waals surface area (Å²) in [7, 11) is 0. The second-order valence-corrected chi connectivity index (χ2v) is 7.09. The van der Waals surface area contributed by atoms with Crippen LogP contribution in [0.3, 0.4) is 0 Å². The largest absolute Gasteiger partial charge is 0.248 e. The first kappa shape index (κ1) is 14.1. The van der Waals surface area contributed by atoms with Gasteiger partial charge in [-0.05, 0) is 60.6 Å². The topological polar surface area (TPSA) is 12.9 Å². The molecular weight excluding hydrogens is 254 g/mol. The Kier molecular flexibility index (Phi) is 3.05.